The highest BCUT2D eigenvalue weighted by molar-refractivity contribution is 5.42. The van der Waals surface area contributed by atoms with Crippen molar-refractivity contribution >= 4 is 0 Å². The molecule has 0 bridgehead atoms. The second kappa shape index (κ2) is 4.11. The lowest BCUT2D eigenvalue weighted by atomic mass is 9.74. The summed E-state index contributed by atoms with van der Waals surface area (Å²) in [5, 5.41) is 3.49. The number of hydrogen-bond donors (Lipinski definition) is 1. The van der Waals surface area contributed by atoms with Gasteiger partial charge in [0.15, 0.2) is 0 Å². The minimum atomic E-state index is 0.455. The van der Waals surface area contributed by atoms with E-state index in [0.717, 1.165) is 0 Å². The Kier molecular flexibility index (Phi) is 2.72. The quantitative estimate of drug-likeness (QED) is 0.796. The zero-order valence-electron chi connectivity index (χ0n) is 10.9. The van der Waals surface area contributed by atoms with Gasteiger partial charge in [-0.05, 0) is 63.0 Å². The van der Waals surface area contributed by atoms with Gasteiger partial charge in [0.1, 0.15) is 0 Å². The first kappa shape index (κ1) is 11.2. The monoisotopic (exact) mass is 230 g/mol. The Morgan fingerprint density at radius 3 is 2.65 bits per heavy atom. The van der Waals surface area contributed by atoms with Crippen molar-refractivity contribution in [3.05, 3.63) is 35.4 Å². The normalized spacial score (nSPS) is 27.3. The average Bonchev–Trinajstić information content (AvgIpc) is 2.68. The van der Waals surface area contributed by atoms with E-state index in [2.05, 4.69) is 48.6 Å². The zero-order valence-corrected chi connectivity index (χ0v) is 10.9. The van der Waals surface area contributed by atoms with E-state index < -0.39 is 0 Å². The summed E-state index contributed by atoms with van der Waals surface area (Å²) in [4.78, 5) is 2.46. The fraction of sp³-hybridized carbons (Fsp3) is 0.600. The molecular formula is C15H22N2. The number of likely N-dealkylation sites (tertiary alicyclic amines) is 1. The Morgan fingerprint density at radius 2 is 1.94 bits per heavy atom. The van der Waals surface area contributed by atoms with E-state index >= 15 is 0 Å². The molecule has 1 saturated heterocycles. The van der Waals surface area contributed by atoms with E-state index in [4.69, 9.17) is 0 Å². The maximum absolute atomic E-state index is 3.49. The average molecular weight is 230 g/mol. The second-order valence-corrected chi connectivity index (χ2v) is 5.72. The standard InChI is InChI=1S/C15H22N2/c1-16-14-11-15(7-9-17(2)10-8-15)13-6-4-3-5-12(13)14/h3-6,14,16H,7-11H2,1-2H3/t14-/m0/s1. The second-order valence-electron chi connectivity index (χ2n) is 5.72. The molecule has 1 atom stereocenters. The first-order chi connectivity index (χ1) is 8.25. The fourth-order valence-corrected chi connectivity index (χ4v) is 3.67. The molecule has 1 spiro atoms. The van der Waals surface area contributed by atoms with Gasteiger partial charge in [-0.1, -0.05) is 24.3 Å². The fourth-order valence-electron chi connectivity index (χ4n) is 3.67. The Balaban J connectivity index is 1.98. The van der Waals surface area contributed by atoms with Crippen LogP contribution >= 0.6 is 0 Å². The third kappa shape index (κ3) is 1.71. The summed E-state index contributed by atoms with van der Waals surface area (Å²) in [7, 11) is 4.33. The van der Waals surface area contributed by atoms with Crippen molar-refractivity contribution in [1.82, 2.24) is 10.2 Å². The maximum Gasteiger partial charge on any atom is 0.0329 e. The van der Waals surface area contributed by atoms with Gasteiger partial charge in [0.25, 0.3) is 0 Å². The van der Waals surface area contributed by atoms with Crippen molar-refractivity contribution in [3.63, 3.8) is 0 Å². The Hall–Kier alpha value is -0.860. The van der Waals surface area contributed by atoms with E-state index in [0.29, 0.717) is 11.5 Å². The summed E-state index contributed by atoms with van der Waals surface area (Å²) in [6, 6.07) is 9.62. The number of nitrogens with one attached hydrogen (secondary N) is 1. The van der Waals surface area contributed by atoms with Crippen LogP contribution in [0, 0.1) is 0 Å². The van der Waals surface area contributed by atoms with Crippen molar-refractivity contribution in [2.24, 2.45) is 0 Å². The Labute approximate surface area is 104 Å². The van der Waals surface area contributed by atoms with Crippen LogP contribution in [0.15, 0.2) is 24.3 Å². The van der Waals surface area contributed by atoms with Crippen molar-refractivity contribution < 1.29 is 0 Å². The van der Waals surface area contributed by atoms with Crippen LogP contribution in [-0.2, 0) is 5.41 Å². The van der Waals surface area contributed by atoms with E-state index in [1.165, 1.54) is 32.4 Å². The van der Waals surface area contributed by atoms with E-state index in [1.54, 1.807) is 11.1 Å². The molecule has 2 nitrogen and oxygen atoms in total. The summed E-state index contributed by atoms with van der Waals surface area (Å²) in [6.45, 7) is 2.48. The van der Waals surface area contributed by atoms with Gasteiger partial charge >= 0.3 is 0 Å². The first-order valence-electron chi connectivity index (χ1n) is 6.70. The molecule has 1 heterocycles. The van der Waals surface area contributed by atoms with Crippen molar-refractivity contribution in [1.29, 1.82) is 0 Å². The molecular weight excluding hydrogens is 208 g/mol. The van der Waals surface area contributed by atoms with Gasteiger partial charge in [-0.3, -0.25) is 0 Å². The molecule has 2 aliphatic rings. The van der Waals surface area contributed by atoms with Crippen LogP contribution in [0.5, 0.6) is 0 Å². The predicted molar refractivity (Wildman–Crippen MR) is 71.3 cm³/mol. The number of hydrogen-bond acceptors (Lipinski definition) is 2. The molecule has 1 N–H and O–H groups in total. The molecule has 1 fully saturated rings. The molecule has 92 valence electrons. The van der Waals surface area contributed by atoms with Crippen LogP contribution in [0.25, 0.3) is 0 Å². The SMILES string of the molecule is CN[C@H]1CC2(CCN(C)CC2)c2ccccc21. The molecule has 0 aromatic heterocycles. The predicted octanol–water partition coefficient (Wildman–Crippen LogP) is 2.31. The van der Waals surface area contributed by atoms with Crippen molar-refractivity contribution in [2.45, 2.75) is 30.7 Å². The molecule has 17 heavy (non-hydrogen) atoms. The van der Waals surface area contributed by atoms with Crippen LogP contribution in [0.1, 0.15) is 36.4 Å². The number of piperidine rings is 1. The van der Waals surface area contributed by atoms with Gasteiger partial charge in [-0.15, -0.1) is 0 Å². The summed E-state index contributed by atoms with van der Waals surface area (Å²) >= 11 is 0. The highest BCUT2D eigenvalue weighted by Crippen LogP contribution is 2.50. The zero-order chi connectivity index (χ0) is 11.9. The molecule has 1 aliphatic carbocycles. The van der Waals surface area contributed by atoms with E-state index in [9.17, 15) is 0 Å². The highest BCUT2D eigenvalue weighted by atomic mass is 15.1. The van der Waals surface area contributed by atoms with Crippen LogP contribution < -0.4 is 5.32 Å². The summed E-state index contributed by atoms with van der Waals surface area (Å²) in [5.41, 5.74) is 3.61. The summed E-state index contributed by atoms with van der Waals surface area (Å²) < 4.78 is 0. The molecule has 2 heteroatoms. The molecule has 1 aromatic carbocycles. The van der Waals surface area contributed by atoms with E-state index in [1.807, 2.05) is 0 Å². The minimum absolute atomic E-state index is 0.455. The van der Waals surface area contributed by atoms with Gasteiger partial charge in [0.2, 0.25) is 0 Å². The van der Waals surface area contributed by atoms with Gasteiger partial charge in [0.05, 0.1) is 0 Å². The van der Waals surface area contributed by atoms with Crippen molar-refractivity contribution in [2.75, 3.05) is 27.2 Å². The lowest BCUT2D eigenvalue weighted by Crippen LogP contribution is -2.39. The topological polar surface area (TPSA) is 15.3 Å². The lowest BCUT2D eigenvalue weighted by Gasteiger charge is -2.39. The Bertz CT molecular complexity index is 405. The van der Waals surface area contributed by atoms with Crippen LogP contribution in [-0.4, -0.2) is 32.1 Å². The largest absolute Gasteiger partial charge is 0.313 e. The molecule has 1 aliphatic heterocycles. The van der Waals surface area contributed by atoms with E-state index in [-0.39, 0.29) is 0 Å². The lowest BCUT2D eigenvalue weighted by molar-refractivity contribution is 0.180. The molecule has 1 aromatic rings. The number of nitrogens with zero attached hydrogens (tertiary/aromatic N) is 1. The summed E-state index contributed by atoms with van der Waals surface area (Å²) in [6.07, 6.45) is 3.92. The molecule has 3 rings (SSSR count). The van der Waals surface area contributed by atoms with Crippen molar-refractivity contribution in [3.8, 4) is 0 Å². The van der Waals surface area contributed by atoms with Gasteiger partial charge in [-0.2, -0.15) is 0 Å². The first-order valence-corrected chi connectivity index (χ1v) is 6.70. The third-order valence-electron chi connectivity index (χ3n) is 4.80. The number of fused-ring (bicyclic) bond motifs is 2. The molecule has 0 amide bonds. The van der Waals surface area contributed by atoms with Crippen LogP contribution in [0.2, 0.25) is 0 Å². The summed E-state index contributed by atoms with van der Waals surface area (Å²) in [5.74, 6) is 0. The molecule has 0 radical (unpaired) electrons. The third-order valence-corrected chi connectivity index (χ3v) is 4.80. The van der Waals surface area contributed by atoms with Gasteiger partial charge in [0, 0.05) is 6.04 Å². The molecule has 0 saturated carbocycles. The molecule has 0 unspecified atom stereocenters. The minimum Gasteiger partial charge on any atom is -0.313 e. The highest BCUT2D eigenvalue weighted by Gasteiger charge is 2.44. The number of rotatable bonds is 1. The van der Waals surface area contributed by atoms with Gasteiger partial charge in [-0.25, -0.2) is 0 Å². The van der Waals surface area contributed by atoms with Crippen LogP contribution in [0.4, 0.5) is 0 Å². The van der Waals surface area contributed by atoms with Crippen LogP contribution in [0.3, 0.4) is 0 Å². The Morgan fingerprint density at radius 1 is 1.24 bits per heavy atom. The smallest absolute Gasteiger partial charge is 0.0329 e. The number of benzene rings is 1. The maximum atomic E-state index is 3.49. The van der Waals surface area contributed by atoms with Gasteiger partial charge < -0.3 is 10.2 Å².